The molecule has 1 amide bonds. The molecule has 5 heteroatoms. The number of aromatic nitrogens is 1. The van der Waals surface area contributed by atoms with Gasteiger partial charge in [0.25, 0.3) is 5.91 Å². The van der Waals surface area contributed by atoms with Gasteiger partial charge in [0.2, 0.25) is 0 Å². The molecule has 100 valence electrons. The first-order chi connectivity index (χ1) is 8.56. The highest BCUT2D eigenvalue weighted by atomic mass is 35.5. The Morgan fingerprint density at radius 1 is 1.33 bits per heavy atom. The van der Waals surface area contributed by atoms with Crippen LogP contribution in [0.2, 0.25) is 5.02 Å². The Labute approximate surface area is 114 Å². The lowest BCUT2D eigenvalue weighted by Crippen LogP contribution is -2.37. The van der Waals surface area contributed by atoms with Crippen LogP contribution in [0.25, 0.3) is 0 Å². The average Bonchev–Trinajstić information content (AvgIpc) is 2.34. The fraction of sp³-hybridized carbons (Fsp3) is 0.538. The summed E-state index contributed by atoms with van der Waals surface area (Å²) in [6.07, 6.45) is 4.03. The third kappa shape index (κ3) is 4.27. The zero-order valence-electron chi connectivity index (χ0n) is 11.2. The summed E-state index contributed by atoms with van der Waals surface area (Å²) in [6.45, 7) is 4.35. The van der Waals surface area contributed by atoms with Crippen molar-refractivity contribution >= 4 is 17.5 Å². The van der Waals surface area contributed by atoms with Gasteiger partial charge in [-0.25, -0.2) is 0 Å². The molecule has 1 heterocycles. The summed E-state index contributed by atoms with van der Waals surface area (Å²) in [4.78, 5) is 20.2. The van der Waals surface area contributed by atoms with Crippen molar-refractivity contribution in [3.8, 4) is 0 Å². The minimum atomic E-state index is -0.0221. The Kier molecular flexibility index (Phi) is 6.09. The monoisotopic (exact) mass is 269 g/mol. The summed E-state index contributed by atoms with van der Waals surface area (Å²) in [6, 6.07) is 1.67. The molecule has 0 saturated carbocycles. The number of rotatable bonds is 6. The molecule has 0 saturated heterocycles. The fourth-order valence-corrected chi connectivity index (χ4v) is 1.82. The van der Waals surface area contributed by atoms with E-state index in [-0.39, 0.29) is 5.91 Å². The second-order valence-electron chi connectivity index (χ2n) is 4.45. The highest BCUT2D eigenvalue weighted by molar-refractivity contribution is 6.33. The molecule has 0 aromatic carbocycles. The van der Waals surface area contributed by atoms with E-state index in [0.29, 0.717) is 17.1 Å². The number of carbonyl (C=O) groups excluding carboxylic acids is 1. The van der Waals surface area contributed by atoms with Gasteiger partial charge in [0, 0.05) is 32.0 Å². The molecule has 0 atom stereocenters. The Morgan fingerprint density at radius 2 is 2.06 bits per heavy atom. The average molecular weight is 270 g/mol. The van der Waals surface area contributed by atoms with Crippen LogP contribution >= 0.6 is 11.6 Å². The van der Waals surface area contributed by atoms with E-state index in [0.717, 1.165) is 19.5 Å². The normalized spacial score (nSPS) is 10.7. The van der Waals surface area contributed by atoms with Crippen LogP contribution in [0.5, 0.6) is 0 Å². The largest absolute Gasteiger partial charge is 0.337 e. The van der Waals surface area contributed by atoms with Gasteiger partial charge in [-0.3, -0.25) is 9.78 Å². The van der Waals surface area contributed by atoms with E-state index in [1.54, 1.807) is 12.3 Å². The minimum Gasteiger partial charge on any atom is -0.337 e. The smallest absolute Gasteiger partial charge is 0.255 e. The summed E-state index contributed by atoms with van der Waals surface area (Å²) in [5.41, 5.74) is 0.527. The van der Waals surface area contributed by atoms with Crippen LogP contribution in [0.3, 0.4) is 0 Å². The molecule has 0 N–H and O–H groups in total. The van der Waals surface area contributed by atoms with Crippen LogP contribution in [0.15, 0.2) is 18.5 Å². The van der Waals surface area contributed by atoms with Crippen molar-refractivity contribution in [2.24, 2.45) is 0 Å². The second kappa shape index (κ2) is 7.34. The van der Waals surface area contributed by atoms with Crippen LogP contribution in [0, 0.1) is 0 Å². The summed E-state index contributed by atoms with van der Waals surface area (Å²) >= 11 is 6.01. The van der Waals surface area contributed by atoms with Gasteiger partial charge in [0.05, 0.1) is 10.6 Å². The van der Waals surface area contributed by atoms with E-state index in [9.17, 15) is 4.79 Å². The maximum Gasteiger partial charge on any atom is 0.255 e. The van der Waals surface area contributed by atoms with Crippen molar-refractivity contribution in [3.63, 3.8) is 0 Å². The lowest BCUT2D eigenvalue weighted by Gasteiger charge is -2.24. The third-order valence-electron chi connectivity index (χ3n) is 2.60. The standard InChI is InChI=1S/C13H20ClN3O/c1-4-7-17(9-8-16(2)3)13(18)11-5-6-15-10-12(11)14/h5-6,10H,4,7-9H2,1-3H3. The summed E-state index contributed by atoms with van der Waals surface area (Å²) in [5, 5.41) is 0.411. The van der Waals surface area contributed by atoms with Gasteiger partial charge in [0.15, 0.2) is 0 Å². The van der Waals surface area contributed by atoms with Crippen LogP contribution in [-0.2, 0) is 0 Å². The molecule has 1 aromatic rings. The molecule has 0 aliphatic carbocycles. The maximum atomic E-state index is 12.4. The van der Waals surface area contributed by atoms with Crippen molar-refractivity contribution < 1.29 is 4.79 Å². The first-order valence-corrected chi connectivity index (χ1v) is 6.47. The number of likely N-dealkylation sites (N-methyl/N-ethyl adjacent to an activating group) is 1. The number of nitrogens with zero attached hydrogens (tertiary/aromatic N) is 3. The molecular weight excluding hydrogens is 250 g/mol. The van der Waals surface area contributed by atoms with Crippen LogP contribution < -0.4 is 0 Å². The molecule has 18 heavy (non-hydrogen) atoms. The number of carbonyl (C=O) groups is 1. The summed E-state index contributed by atoms with van der Waals surface area (Å²) in [5.74, 6) is -0.0221. The predicted octanol–water partition coefficient (Wildman–Crippen LogP) is 2.15. The van der Waals surface area contributed by atoms with E-state index in [1.165, 1.54) is 6.20 Å². The van der Waals surface area contributed by atoms with Gasteiger partial charge in [-0.1, -0.05) is 18.5 Å². The summed E-state index contributed by atoms with van der Waals surface area (Å²) in [7, 11) is 3.99. The van der Waals surface area contributed by atoms with E-state index in [2.05, 4.69) is 16.8 Å². The molecule has 4 nitrogen and oxygen atoms in total. The van der Waals surface area contributed by atoms with Crippen molar-refractivity contribution in [3.05, 3.63) is 29.0 Å². The second-order valence-corrected chi connectivity index (χ2v) is 4.86. The fourth-order valence-electron chi connectivity index (χ4n) is 1.62. The van der Waals surface area contributed by atoms with Gasteiger partial charge >= 0.3 is 0 Å². The van der Waals surface area contributed by atoms with Crippen LogP contribution in [0.4, 0.5) is 0 Å². The zero-order chi connectivity index (χ0) is 13.5. The maximum absolute atomic E-state index is 12.4. The van der Waals surface area contributed by atoms with E-state index >= 15 is 0 Å². The predicted molar refractivity (Wildman–Crippen MR) is 74.0 cm³/mol. The van der Waals surface area contributed by atoms with Gasteiger partial charge < -0.3 is 9.80 Å². The van der Waals surface area contributed by atoms with Gasteiger partial charge in [-0.15, -0.1) is 0 Å². The molecule has 0 spiro atoms. The lowest BCUT2D eigenvalue weighted by molar-refractivity contribution is 0.0745. The molecule has 1 aromatic heterocycles. The zero-order valence-corrected chi connectivity index (χ0v) is 11.9. The highest BCUT2D eigenvalue weighted by Crippen LogP contribution is 2.15. The Morgan fingerprint density at radius 3 is 2.61 bits per heavy atom. The van der Waals surface area contributed by atoms with E-state index in [1.807, 2.05) is 19.0 Å². The van der Waals surface area contributed by atoms with E-state index < -0.39 is 0 Å². The molecule has 0 aliphatic heterocycles. The number of hydrogen-bond donors (Lipinski definition) is 0. The van der Waals surface area contributed by atoms with Crippen molar-refractivity contribution in [1.29, 1.82) is 0 Å². The molecular formula is C13H20ClN3O. The molecule has 0 aliphatic rings. The highest BCUT2D eigenvalue weighted by Gasteiger charge is 2.17. The van der Waals surface area contributed by atoms with Gasteiger partial charge in [-0.2, -0.15) is 0 Å². The SMILES string of the molecule is CCCN(CCN(C)C)C(=O)c1ccncc1Cl. The lowest BCUT2D eigenvalue weighted by atomic mass is 10.2. The third-order valence-corrected chi connectivity index (χ3v) is 2.90. The van der Waals surface area contributed by atoms with Crippen molar-refractivity contribution in [2.75, 3.05) is 33.7 Å². The molecule has 0 radical (unpaired) electrons. The van der Waals surface area contributed by atoms with Crippen LogP contribution in [-0.4, -0.2) is 54.4 Å². The molecule has 0 fully saturated rings. The van der Waals surface area contributed by atoms with Crippen molar-refractivity contribution in [2.45, 2.75) is 13.3 Å². The first-order valence-electron chi connectivity index (χ1n) is 6.09. The molecule has 0 bridgehead atoms. The molecule has 1 rings (SSSR count). The number of hydrogen-bond acceptors (Lipinski definition) is 3. The number of amides is 1. The minimum absolute atomic E-state index is 0.0221. The Balaban J connectivity index is 2.79. The Bertz CT molecular complexity index is 396. The quantitative estimate of drug-likeness (QED) is 0.794. The summed E-state index contributed by atoms with van der Waals surface area (Å²) < 4.78 is 0. The van der Waals surface area contributed by atoms with Gasteiger partial charge in [0.1, 0.15) is 0 Å². The Hall–Kier alpha value is -1.13. The van der Waals surface area contributed by atoms with Gasteiger partial charge in [-0.05, 0) is 26.6 Å². The van der Waals surface area contributed by atoms with Crippen LogP contribution in [0.1, 0.15) is 23.7 Å². The van der Waals surface area contributed by atoms with Crippen molar-refractivity contribution in [1.82, 2.24) is 14.8 Å². The molecule has 0 unspecified atom stereocenters. The number of pyridine rings is 1. The number of halogens is 1. The topological polar surface area (TPSA) is 36.4 Å². The van der Waals surface area contributed by atoms with E-state index in [4.69, 9.17) is 11.6 Å². The first kappa shape index (κ1) is 14.9.